The summed E-state index contributed by atoms with van der Waals surface area (Å²) < 4.78 is 5.85. The molecule has 0 spiro atoms. The molecule has 0 unspecified atom stereocenters. The van der Waals surface area contributed by atoms with E-state index in [1.54, 1.807) is 13.0 Å². The lowest BCUT2D eigenvalue weighted by molar-refractivity contribution is 0.249. The average molecular weight is 324 g/mol. The first-order chi connectivity index (χ1) is 9.04. The molecule has 2 N–H and O–H groups in total. The Morgan fingerprint density at radius 2 is 2.21 bits per heavy atom. The molecule has 0 radical (unpaired) electrons. The number of urea groups is 1. The van der Waals surface area contributed by atoms with Crippen molar-refractivity contribution in [3.63, 3.8) is 0 Å². The van der Waals surface area contributed by atoms with E-state index >= 15 is 0 Å². The van der Waals surface area contributed by atoms with Crippen molar-refractivity contribution in [3.05, 3.63) is 46.1 Å². The average Bonchev–Trinajstić information content (AvgIpc) is 2.74. The Morgan fingerprint density at radius 1 is 1.42 bits per heavy atom. The van der Waals surface area contributed by atoms with Gasteiger partial charge in [-0.25, -0.2) is 4.79 Å². The van der Waals surface area contributed by atoms with Crippen molar-refractivity contribution in [1.82, 2.24) is 10.5 Å². The molecule has 6 heteroatoms. The maximum atomic E-state index is 11.8. The zero-order chi connectivity index (χ0) is 13.8. The maximum Gasteiger partial charge on any atom is 0.320 e. The molecular weight excluding hydrogens is 310 g/mol. The first-order valence-corrected chi connectivity index (χ1v) is 6.60. The molecule has 0 aliphatic heterocycles. The molecule has 19 heavy (non-hydrogen) atoms. The topological polar surface area (TPSA) is 67.2 Å². The molecule has 0 fully saturated rings. The summed E-state index contributed by atoms with van der Waals surface area (Å²) in [5.74, 6) is 1.05. The van der Waals surface area contributed by atoms with Crippen LogP contribution in [-0.4, -0.2) is 11.2 Å². The first-order valence-electron chi connectivity index (χ1n) is 5.81. The largest absolute Gasteiger partial charge is 0.360 e. The molecule has 100 valence electrons. The number of hydrogen-bond acceptors (Lipinski definition) is 3. The van der Waals surface area contributed by atoms with Gasteiger partial charge in [-0.05, 0) is 31.5 Å². The van der Waals surface area contributed by atoms with Gasteiger partial charge in [0.1, 0.15) is 5.76 Å². The number of benzene rings is 1. The van der Waals surface area contributed by atoms with Crippen molar-refractivity contribution in [3.8, 4) is 0 Å². The number of rotatable bonds is 3. The quantitative estimate of drug-likeness (QED) is 0.906. The number of aromatic nitrogens is 1. The van der Waals surface area contributed by atoms with E-state index in [0.29, 0.717) is 11.6 Å². The molecule has 5 nitrogen and oxygen atoms in total. The molecule has 1 aromatic heterocycles. The van der Waals surface area contributed by atoms with Gasteiger partial charge in [0.05, 0.1) is 6.04 Å². The predicted molar refractivity (Wildman–Crippen MR) is 76.0 cm³/mol. The van der Waals surface area contributed by atoms with E-state index in [2.05, 4.69) is 31.7 Å². The summed E-state index contributed by atoms with van der Waals surface area (Å²) in [4.78, 5) is 11.8. The monoisotopic (exact) mass is 323 g/mol. The summed E-state index contributed by atoms with van der Waals surface area (Å²) in [6.07, 6.45) is 0. The lowest BCUT2D eigenvalue weighted by Gasteiger charge is -2.14. The minimum Gasteiger partial charge on any atom is -0.360 e. The summed E-state index contributed by atoms with van der Waals surface area (Å²) >= 11 is 3.40. The highest BCUT2D eigenvalue weighted by Gasteiger charge is 2.11. The third-order valence-electron chi connectivity index (χ3n) is 2.57. The molecule has 2 rings (SSSR count). The fourth-order valence-electron chi connectivity index (χ4n) is 1.63. The molecule has 0 saturated heterocycles. The first kappa shape index (κ1) is 13.6. The van der Waals surface area contributed by atoms with E-state index in [0.717, 1.165) is 10.0 Å². The number of carbonyl (C=O) groups excluding carboxylic acids is 1. The molecule has 1 heterocycles. The van der Waals surface area contributed by atoms with Gasteiger partial charge in [0.2, 0.25) is 0 Å². The molecule has 1 aromatic carbocycles. The normalized spacial score (nSPS) is 11.9. The Hall–Kier alpha value is -1.82. The Labute approximate surface area is 119 Å². The van der Waals surface area contributed by atoms with Gasteiger partial charge in [-0.2, -0.15) is 0 Å². The number of nitrogens with zero attached hydrogens (tertiary/aromatic N) is 1. The van der Waals surface area contributed by atoms with Crippen LogP contribution in [0.2, 0.25) is 0 Å². The van der Waals surface area contributed by atoms with Crippen molar-refractivity contribution in [2.45, 2.75) is 19.9 Å². The van der Waals surface area contributed by atoms with Crippen LogP contribution in [0.15, 0.2) is 39.3 Å². The number of aryl methyl sites for hydroxylation is 1. The highest BCUT2D eigenvalue weighted by molar-refractivity contribution is 9.10. The van der Waals surface area contributed by atoms with E-state index in [-0.39, 0.29) is 12.1 Å². The molecule has 0 aliphatic carbocycles. The Kier molecular flexibility index (Phi) is 4.21. The maximum absolute atomic E-state index is 11.8. The van der Waals surface area contributed by atoms with Crippen molar-refractivity contribution in [2.24, 2.45) is 0 Å². The van der Waals surface area contributed by atoms with Crippen LogP contribution >= 0.6 is 15.9 Å². The number of nitrogens with one attached hydrogen (secondary N) is 2. The summed E-state index contributed by atoms with van der Waals surface area (Å²) in [6.45, 7) is 3.68. The van der Waals surface area contributed by atoms with Crippen molar-refractivity contribution in [1.29, 1.82) is 0 Å². The molecule has 0 bridgehead atoms. The van der Waals surface area contributed by atoms with E-state index in [1.807, 2.05) is 31.2 Å². The van der Waals surface area contributed by atoms with Crippen LogP contribution in [0.3, 0.4) is 0 Å². The van der Waals surface area contributed by atoms with Gasteiger partial charge in [0, 0.05) is 10.5 Å². The molecule has 2 amide bonds. The second-order valence-corrected chi connectivity index (χ2v) is 5.11. The molecule has 2 aromatic rings. The van der Waals surface area contributed by atoms with Gasteiger partial charge in [-0.1, -0.05) is 33.2 Å². The lowest BCUT2D eigenvalue weighted by Crippen LogP contribution is -2.31. The minimum absolute atomic E-state index is 0.106. The highest BCUT2D eigenvalue weighted by Crippen LogP contribution is 2.18. The standard InChI is InChI=1S/C13H14BrN3O2/c1-8-6-12(17-19-8)16-13(18)15-9(2)10-4-3-5-11(14)7-10/h3-7,9H,1-2H3,(H2,15,16,17,18)/t9-/m0/s1. The van der Waals surface area contributed by atoms with Crippen LogP contribution in [-0.2, 0) is 0 Å². The molecule has 1 atom stereocenters. The Bertz CT molecular complexity index is 583. The van der Waals surface area contributed by atoms with Gasteiger partial charge in [-0.15, -0.1) is 0 Å². The van der Waals surface area contributed by atoms with Crippen LogP contribution in [0, 0.1) is 6.92 Å². The fraction of sp³-hybridized carbons (Fsp3) is 0.231. The van der Waals surface area contributed by atoms with Gasteiger partial charge >= 0.3 is 6.03 Å². The SMILES string of the molecule is Cc1cc(NC(=O)N[C@@H](C)c2cccc(Br)c2)no1. The third kappa shape index (κ3) is 3.82. The van der Waals surface area contributed by atoms with E-state index in [1.165, 1.54) is 0 Å². The third-order valence-corrected chi connectivity index (χ3v) is 3.06. The Morgan fingerprint density at radius 3 is 2.84 bits per heavy atom. The summed E-state index contributed by atoms with van der Waals surface area (Å²) in [5, 5.41) is 9.14. The second kappa shape index (κ2) is 5.88. The molecule has 0 saturated carbocycles. The van der Waals surface area contributed by atoms with Gasteiger partial charge in [-0.3, -0.25) is 5.32 Å². The second-order valence-electron chi connectivity index (χ2n) is 4.20. The van der Waals surface area contributed by atoms with Crippen LogP contribution in [0.4, 0.5) is 10.6 Å². The van der Waals surface area contributed by atoms with Crippen LogP contribution in [0.1, 0.15) is 24.3 Å². The zero-order valence-electron chi connectivity index (χ0n) is 10.6. The smallest absolute Gasteiger partial charge is 0.320 e. The van der Waals surface area contributed by atoms with Crippen LogP contribution < -0.4 is 10.6 Å². The van der Waals surface area contributed by atoms with Gasteiger partial charge in [0.25, 0.3) is 0 Å². The number of anilines is 1. The Balaban J connectivity index is 1.95. The predicted octanol–water partition coefficient (Wildman–Crippen LogP) is 3.63. The van der Waals surface area contributed by atoms with E-state index in [9.17, 15) is 4.79 Å². The number of carbonyl (C=O) groups is 1. The number of amides is 2. The van der Waals surface area contributed by atoms with E-state index in [4.69, 9.17) is 4.52 Å². The van der Waals surface area contributed by atoms with Gasteiger partial charge in [0.15, 0.2) is 5.82 Å². The van der Waals surface area contributed by atoms with Gasteiger partial charge < -0.3 is 9.84 Å². The lowest BCUT2D eigenvalue weighted by atomic mass is 10.1. The zero-order valence-corrected chi connectivity index (χ0v) is 12.2. The van der Waals surface area contributed by atoms with Crippen LogP contribution in [0.25, 0.3) is 0 Å². The van der Waals surface area contributed by atoms with E-state index < -0.39 is 0 Å². The fourth-order valence-corrected chi connectivity index (χ4v) is 2.05. The minimum atomic E-state index is -0.319. The highest BCUT2D eigenvalue weighted by atomic mass is 79.9. The van der Waals surface area contributed by atoms with Crippen LogP contribution in [0.5, 0.6) is 0 Å². The van der Waals surface area contributed by atoms with Crippen molar-refractivity contribution < 1.29 is 9.32 Å². The molecule has 0 aliphatic rings. The van der Waals surface area contributed by atoms with Crippen molar-refractivity contribution >= 4 is 27.8 Å². The summed E-state index contributed by atoms with van der Waals surface area (Å²) in [6, 6.07) is 9.02. The number of hydrogen-bond donors (Lipinski definition) is 2. The summed E-state index contributed by atoms with van der Waals surface area (Å²) in [5.41, 5.74) is 1.01. The molecular formula is C13H14BrN3O2. The summed E-state index contributed by atoms with van der Waals surface area (Å²) in [7, 11) is 0. The number of halogens is 1. The van der Waals surface area contributed by atoms with Crippen molar-refractivity contribution in [2.75, 3.05) is 5.32 Å².